The first-order valence-electron chi connectivity index (χ1n) is 8.95. The molecular formula is C23H19Cl2NO3. The Morgan fingerprint density at radius 3 is 2.38 bits per heavy atom. The van der Waals surface area contributed by atoms with Gasteiger partial charge in [0.05, 0.1) is 10.6 Å². The second-order valence-electron chi connectivity index (χ2n) is 6.63. The van der Waals surface area contributed by atoms with E-state index in [0.717, 1.165) is 11.1 Å². The largest absolute Gasteiger partial charge is 0.422 e. The predicted molar refractivity (Wildman–Crippen MR) is 115 cm³/mol. The Bertz CT molecular complexity index is 1070. The van der Waals surface area contributed by atoms with Gasteiger partial charge in [0.25, 0.3) is 5.91 Å². The number of rotatable bonds is 5. The molecule has 3 aromatic rings. The van der Waals surface area contributed by atoms with Crippen LogP contribution in [0.15, 0.2) is 60.7 Å². The number of hydrogen-bond donors (Lipinski definition) is 1. The lowest BCUT2D eigenvalue weighted by Crippen LogP contribution is -2.23. The molecule has 29 heavy (non-hydrogen) atoms. The van der Waals surface area contributed by atoms with Crippen LogP contribution >= 0.6 is 23.2 Å². The highest BCUT2D eigenvalue weighted by molar-refractivity contribution is 6.36. The van der Waals surface area contributed by atoms with Gasteiger partial charge in [-0.05, 0) is 49.7 Å². The van der Waals surface area contributed by atoms with Gasteiger partial charge in [-0.2, -0.15) is 0 Å². The van der Waals surface area contributed by atoms with Crippen LogP contribution in [0, 0.1) is 13.8 Å². The molecular weight excluding hydrogens is 409 g/mol. The minimum atomic E-state index is -0.589. The zero-order valence-corrected chi connectivity index (χ0v) is 17.5. The molecule has 0 aliphatic rings. The summed E-state index contributed by atoms with van der Waals surface area (Å²) in [5.74, 6) is -0.392. The summed E-state index contributed by atoms with van der Waals surface area (Å²) in [5, 5.41) is 3.52. The van der Waals surface area contributed by atoms with E-state index in [9.17, 15) is 9.59 Å². The van der Waals surface area contributed by atoms with E-state index in [-0.39, 0.29) is 23.0 Å². The van der Waals surface area contributed by atoms with Crippen LogP contribution in [0.25, 0.3) is 0 Å². The van der Waals surface area contributed by atoms with Crippen LogP contribution in [0.2, 0.25) is 10.0 Å². The molecule has 1 amide bonds. The zero-order valence-electron chi connectivity index (χ0n) is 16.0. The number of esters is 1. The molecule has 1 N–H and O–H groups in total. The Hall–Kier alpha value is -2.82. The normalized spacial score (nSPS) is 10.5. The van der Waals surface area contributed by atoms with Gasteiger partial charge in [0.15, 0.2) is 0 Å². The van der Waals surface area contributed by atoms with Crippen molar-refractivity contribution in [1.29, 1.82) is 0 Å². The molecule has 4 nitrogen and oxygen atoms in total. The van der Waals surface area contributed by atoms with Crippen molar-refractivity contribution in [3.05, 3.63) is 98.5 Å². The molecule has 0 atom stereocenters. The summed E-state index contributed by atoms with van der Waals surface area (Å²) >= 11 is 12.0. The maximum absolute atomic E-state index is 12.7. The minimum absolute atomic E-state index is 0.206. The highest BCUT2D eigenvalue weighted by Crippen LogP contribution is 2.28. The standard InChI is InChI=1S/C23H19Cl2NO3/c1-14-10-15(2)21(29-23(28)19-9-8-18(24)12-20(19)25)17(11-14)13-26-22(27)16-6-4-3-5-7-16/h3-12H,13H2,1-2H3,(H,26,27). The number of amides is 1. The van der Waals surface area contributed by atoms with E-state index in [1.54, 1.807) is 30.3 Å². The molecule has 6 heteroatoms. The maximum Gasteiger partial charge on any atom is 0.345 e. The molecule has 3 aromatic carbocycles. The maximum atomic E-state index is 12.7. The van der Waals surface area contributed by atoms with Crippen molar-refractivity contribution >= 4 is 35.1 Å². The molecule has 0 aliphatic carbocycles. The molecule has 0 heterocycles. The van der Waals surface area contributed by atoms with E-state index in [0.29, 0.717) is 21.9 Å². The molecule has 0 fully saturated rings. The quantitative estimate of drug-likeness (QED) is 0.415. The van der Waals surface area contributed by atoms with E-state index in [1.807, 2.05) is 32.0 Å². The molecule has 0 radical (unpaired) electrons. The molecule has 0 saturated heterocycles. The SMILES string of the molecule is Cc1cc(C)c(OC(=O)c2ccc(Cl)cc2Cl)c(CNC(=O)c2ccccc2)c1. The van der Waals surface area contributed by atoms with E-state index in [4.69, 9.17) is 27.9 Å². The van der Waals surface area contributed by atoms with Gasteiger partial charge in [-0.3, -0.25) is 4.79 Å². The van der Waals surface area contributed by atoms with Crippen LogP contribution in [0.5, 0.6) is 5.75 Å². The van der Waals surface area contributed by atoms with Crippen molar-refractivity contribution < 1.29 is 14.3 Å². The number of benzene rings is 3. The van der Waals surface area contributed by atoms with Gasteiger partial charge in [0.1, 0.15) is 5.75 Å². The monoisotopic (exact) mass is 427 g/mol. The summed E-state index contributed by atoms with van der Waals surface area (Å²) in [6.07, 6.45) is 0. The lowest BCUT2D eigenvalue weighted by Gasteiger charge is -2.15. The smallest absolute Gasteiger partial charge is 0.345 e. The van der Waals surface area contributed by atoms with Crippen molar-refractivity contribution in [3.63, 3.8) is 0 Å². The fourth-order valence-corrected chi connectivity index (χ4v) is 3.48. The number of ether oxygens (including phenoxy) is 1. The topological polar surface area (TPSA) is 55.4 Å². The second kappa shape index (κ2) is 9.12. The fourth-order valence-electron chi connectivity index (χ4n) is 2.99. The number of halogens is 2. The van der Waals surface area contributed by atoms with Gasteiger partial charge in [0, 0.05) is 22.7 Å². The first-order valence-corrected chi connectivity index (χ1v) is 9.71. The Balaban J connectivity index is 1.83. The first-order chi connectivity index (χ1) is 13.8. The number of hydrogen-bond acceptors (Lipinski definition) is 3. The third-order valence-electron chi connectivity index (χ3n) is 4.32. The van der Waals surface area contributed by atoms with E-state index >= 15 is 0 Å². The molecule has 0 aliphatic heterocycles. The van der Waals surface area contributed by atoms with Crippen molar-refractivity contribution in [2.75, 3.05) is 0 Å². The number of nitrogens with one attached hydrogen (secondary N) is 1. The number of carbonyl (C=O) groups is 2. The summed E-state index contributed by atoms with van der Waals surface area (Å²) < 4.78 is 5.66. The number of carbonyl (C=O) groups excluding carboxylic acids is 2. The minimum Gasteiger partial charge on any atom is -0.422 e. The summed E-state index contributed by atoms with van der Waals surface area (Å²) in [7, 11) is 0. The van der Waals surface area contributed by atoms with Crippen molar-refractivity contribution in [2.24, 2.45) is 0 Å². The lowest BCUT2D eigenvalue weighted by molar-refractivity contribution is 0.0732. The Morgan fingerprint density at radius 2 is 1.69 bits per heavy atom. The average molecular weight is 428 g/mol. The van der Waals surface area contributed by atoms with Crippen LogP contribution in [0.4, 0.5) is 0 Å². The van der Waals surface area contributed by atoms with E-state index in [2.05, 4.69) is 5.32 Å². The van der Waals surface area contributed by atoms with Crippen molar-refractivity contribution in [3.8, 4) is 5.75 Å². The predicted octanol–water partition coefficient (Wildman–Crippen LogP) is 5.76. The van der Waals surface area contributed by atoms with Crippen molar-refractivity contribution in [2.45, 2.75) is 20.4 Å². The molecule has 0 aromatic heterocycles. The molecule has 3 rings (SSSR count). The Morgan fingerprint density at radius 1 is 0.966 bits per heavy atom. The van der Waals surface area contributed by atoms with E-state index in [1.165, 1.54) is 12.1 Å². The third kappa shape index (κ3) is 5.17. The van der Waals surface area contributed by atoms with Gasteiger partial charge < -0.3 is 10.1 Å². The fraction of sp³-hybridized carbons (Fsp3) is 0.130. The van der Waals surface area contributed by atoms with E-state index < -0.39 is 5.97 Å². The van der Waals surface area contributed by atoms with Gasteiger partial charge in [-0.15, -0.1) is 0 Å². The summed E-state index contributed by atoms with van der Waals surface area (Å²) in [6, 6.07) is 17.3. The van der Waals surface area contributed by atoms with Crippen LogP contribution in [-0.4, -0.2) is 11.9 Å². The molecule has 148 valence electrons. The van der Waals surface area contributed by atoms with Crippen LogP contribution in [-0.2, 0) is 6.54 Å². The lowest BCUT2D eigenvalue weighted by atomic mass is 10.0. The van der Waals surface area contributed by atoms with Crippen LogP contribution in [0.1, 0.15) is 37.4 Å². The summed E-state index contributed by atoms with van der Waals surface area (Å²) in [6.45, 7) is 4.01. The highest BCUT2D eigenvalue weighted by atomic mass is 35.5. The summed E-state index contributed by atoms with van der Waals surface area (Å²) in [5.41, 5.74) is 3.26. The molecule has 0 bridgehead atoms. The van der Waals surface area contributed by atoms with Gasteiger partial charge in [-0.25, -0.2) is 4.79 Å². The Kier molecular flexibility index (Phi) is 6.57. The Labute approximate surface area is 179 Å². The molecule has 0 spiro atoms. The first kappa shape index (κ1) is 20.9. The van der Waals surface area contributed by atoms with Gasteiger partial charge >= 0.3 is 5.97 Å². The molecule has 0 saturated carbocycles. The van der Waals surface area contributed by atoms with Crippen LogP contribution < -0.4 is 10.1 Å². The third-order valence-corrected chi connectivity index (χ3v) is 4.86. The average Bonchev–Trinajstić information content (AvgIpc) is 2.68. The number of aryl methyl sites for hydroxylation is 2. The van der Waals surface area contributed by atoms with Gasteiger partial charge in [0.2, 0.25) is 0 Å². The molecule has 0 unspecified atom stereocenters. The highest BCUT2D eigenvalue weighted by Gasteiger charge is 2.18. The second-order valence-corrected chi connectivity index (χ2v) is 7.48. The summed E-state index contributed by atoms with van der Waals surface area (Å²) in [4.78, 5) is 25.0. The zero-order chi connectivity index (χ0) is 21.0. The van der Waals surface area contributed by atoms with Gasteiger partial charge in [-0.1, -0.05) is 59.1 Å². The van der Waals surface area contributed by atoms with Crippen molar-refractivity contribution in [1.82, 2.24) is 5.32 Å². The van der Waals surface area contributed by atoms with Crippen LogP contribution in [0.3, 0.4) is 0 Å².